The molecule has 2 amide bonds. The van der Waals surface area contributed by atoms with Crippen LogP contribution in [0.25, 0.3) is 10.4 Å². The maximum absolute atomic E-state index is 12.1. The van der Waals surface area contributed by atoms with Gasteiger partial charge in [0.15, 0.2) is 5.82 Å². The Morgan fingerprint density at radius 2 is 1.97 bits per heavy atom. The fraction of sp³-hybridized carbons (Fsp3) is 0.333. The fourth-order valence-corrected chi connectivity index (χ4v) is 4.99. The molecule has 6 N–H and O–H groups in total. The van der Waals surface area contributed by atoms with Crippen molar-refractivity contribution in [1.29, 1.82) is 0 Å². The molecule has 1 fully saturated rings. The molecule has 1 aliphatic carbocycles. The number of aryl methyl sites for hydroxylation is 1. The largest absolute Gasteiger partial charge is 0.446 e. The van der Waals surface area contributed by atoms with Crippen LogP contribution in [0.3, 0.4) is 0 Å². The molecule has 31 heavy (non-hydrogen) atoms. The van der Waals surface area contributed by atoms with Crippen LogP contribution in [0, 0.1) is 6.92 Å². The Bertz CT molecular complexity index is 1100. The molecule has 2 heterocycles. The van der Waals surface area contributed by atoms with E-state index < -0.39 is 12.0 Å². The molecular weight excluding hydrogens is 416 g/mol. The Morgan fingerprint density at radius 1 is 1.19 bits per heavy atom. The van der Waals surface area contributed by atoms with E-state index in [1.165, 1.54) is 0 Å². The number of carbonyl (C=O) groups excluding carboxylic acids is 2. The van der Waals surface area contributed by atoms with Gasteiger partial charge in [0.05, 0.1) is 9.88 Å². The number of nitrogens with zero attached hydrogens (tertiary/aromatic N) is 2. The number of aromatic nitrogens is 3. The fourth-order valence-electron chi connectivity index (χ4n) is 3.86. The van der Waals surface area contributed by atoms with E-state index in [9.17, 15) is 9.59 Å². The molecule has 10 heteroatoms. The highest BCUT2D eigenvalue weighted by Gasteiger charge is 2.26. The standard InChI is InChI=1S/C21H24N6O3S/c1-11-8-18(27-26-11)25-13-4-7-15(16(9-13)19(22)28)17-10-24-20(31-17)12-2-5-14(6-3-12)30-21(23)29/h4,7-10,12,14H,2-3,5-6H2,1H3,(H2,22,28)(H2,23,29)(H2,25,26,27). The predicted octanol–water partition coefficient (Wildman–Crippen LogP) is 3.81. The number of H-pyrrole nitrogens is 1. The number of benzene rings is 1. The highest BCUT2D eigenvalue weighted by Crippen LogP contribution is 2.39. The second-order valence-corrected chi connectivity index (χ2v) is 8.72. The Hall–Kier alpha value is -3.40. The first-order valence-corrected chi connectivity index (χ1v) is 10.9. The third-order valence-corrected chi connectivity index (χ3v) is 6.55. The van der Waals surface area contributed by atoms with Crippen molar-refractivity contribution in [2.75, 3.05) is 5.32 Å². The number of nitrogens with one attached hydrogen (secondary N) is 2. The predicted molar refractivity (Wildman–Crippen MR) is 118 cm³/mol. The molecule has 162 valence electrons. The van der Waals surface area contributed by atoms with Crippen molar-refractivity contribution in [2.24, 2.45) is 11.5 Å². The molecule has 0 aliphatic heterocycles. The average Bonchev–Trinajstić information content (AvgIpc) is 3.37. The minimum absolute atomic E-state index is 0.118. The number of rotatable bonds is 6. The van der Waals surface area contributed by atoms with Crippen LogP contribution in [0.1, 0.15) is 52.7 Å². The molecule has 4 rings (SSSR count). The van der Waals surface area contributed by atoms with Crippen LogP contribution in [-0.2, 0) is 4.74 Å². The molecule has 0 unspecified atom stereocenters. The zero-order valence-corrected chi connectivity index (χ0v) is 17.9. The van der Waals surface area contributed by atoms with Crippen LogP contribution in [0.2, 0.25) is 0 Å². The van der Waals surface area contributed by atoms with Crippen molar-refractivity contribution in [3.63, 3.8) is 0 Å². The molecule has 0 radical (unpaired) electrons. The zero-order valence-electron chi connectivity index (χ0n) is 17.1. The van der Waals surface area contributed by atoms with Gasteiger partial charge >= 0.3 is 6.09 Å². The number of amides is 2. The SMILES string of the molecule is Cc1cc(Nc2ccc(-c3cnc(C4CCC(OC(N)=O)CC4)s3)c(C(N)=O)c2)n[nH]1. The normalized spacial score (nSPS) is 18.5. The summed E-state index contributed by atoms with van der Waals surface area (Å²) in [4.78, 5) is 28.6. The van der Waals surface area contributed by atoms with E-state index in [0.717, 1.165) is 52.5 Å². The summed E-state index contributed by atoms with van der Waals surface area (Å²) in [7, 11) is 0. The summed E-state index contributed by atoms with van der Waals surface area (Å²) in [5.74, 6) is 0.458. The van der Waals surface area contributed by atoms with E-state index in [2.05, 4.69) is 20.5 Å². The van der Waals surface area contributed by atoms with E-state index in [4.69, 9.17) is 16.2 Å². The van der Waals surface area contributed by atoms with Crippen LogP contribution < -0.4 is 16.8 Å². The molecule has 0 atom stereocenters. The molecule has 3 aromatic rings. The summed E-state index contributed by atoms with van der Waals surface area (Å²) in [6.07, 6.45) is 4.23. The molecule has 0 saturated heterocycles. The Kier molecular flexibility index (Phi) is 5.90. The minimum atomic E-state index is -0.723. The minimum Gasteiger partial charge on any atom is -0.446 e. The molecule has 0 spiro atoms. The lowest BCUT2D eigenvalue weighted by molar-refractivity contribution is 0.0787. The number of carbonyl (C=O) groups is 2. The van der Waals surface area contributed by atoms with Crippen molar-refractivity contribution in [1.82, 2.24) is 15.2 Å². The number of aromatic amines is 1. The van der Waals surface area contributed by atoms with E-state index in [1.54, 1.807) is 23.6 Å². The molecule has 1 saturated carbocycles. The summed E-state index contributed by atoms with van der Waals surface area (Å²) in [5, 5.41) is 11.2. The van der Waals surface area contributed by atoms with Crippen molar-refractivity contribution < 1.29 is 14.3 Å². The first kappa shape index (κ1) is 20.9. The van der Waals surface area contributed by atoms with Gasteiger partial charge in [0, 0.05) is 40.7 Å². The maximum atomic E-state index is 12.1. The van der Waals surface area contributed by atoms with Crippen LogP contribution in [0.4, 0.5) is 16.3 Å². The van der Waals surface area contributed by atoms with Crippen LogP contribution in [0.15, 0.2) is 30.5 Å². The number of hydrogen-bond donors (Lipinski definition) is 4. The summed E-state index contributed by atoms with van der Waals surface area (Å²) in [6.45, 7) is 1.91. The lowest BCUT2D eigenvalue weighted by Gasteiger charge is -2.26. The number of ether oxygens (including phenoxy) is 1. The van der Waals surface area contributed by atoms with Crippen LogP contribution in [-0.4, -0.2) is 33.3 Å². The number of primary amides is 2. The van der Waals surface area contributed by atoms with Crippen LogP contribution in [0.5, 0.6) is 0 Å². The highest BCUT2D eigenvalue weighted by molar-refractivity contribution is 7.15. The van der Waals surface area contributed by atoms with Gasteiger partial charge in [-0.2, -0.15) is 5.10 Å². The van der Waals surface area contributed by atoms with Crippen molar-refractivity contribution in [3.8, 4) is 10.4 Å². The molecular formula is C21H24N6O3S. The van der Waals surface area contributed by atoms with Gasteiger partial charge in [-0.1, -0.05) is 6.07 Å². The van der Waals surface area contributed by atoms with E-state index in [1.807, 2.05) is 25.1 Å². The summed E-state index contributed by atoms with van der Waals surface area (Å²) < 4.78 is 5.11. The topological polar surface area (TPSA) is 149 Å². The van der Waals surface area contributed by atoms with Gasteiger partial charge in [0.25, 0.3) is 0 Å². The van der Waals surface area contributed by atoms with Gasteiger partial charge in [0.2, 0.25) is 5.91 Å². The molecule has 2 aromatic heterocycles. The quantitative estimate of drug-likeness (QED) is 0.458. The Morgan fingerprint density at radius 3 is 2.61 bits per heavy atom. The first-order valence-electron chi connectivity index (χ1n) is 10.0. The second-order valence-electron chi connectivity index (χ2n) is 7.66. The lowest BCUT2D eigenvalue weighted by Crippen LogP contribution is -2.26. The van der Waals surface area contributed by atoms with Crippen molar-refractivity contribution >= 4 is 34.8 Å². The highest BCUT2D eigenvalue weighted by atomic mass is 32.1. The van der Waals surface area contributed by atoms with Gasteiger partial charge in [-0.05, 0) is 44.7 Å². The number of thiazole rings is 1. The summed E-state index contributed by atoms with van der Waals surface area (Å²) in [6, 6.07) is 7.36. The molecule has 0 bridgehead atoms. The van der Waals surface area contributed by atoms with Gasteiger partial charge in [-0.15, -0.1) is 11.3 Å². The molecule has 1 aliphatic rings. The molecule has 1 aromatic carbocycles. The van der Waals surface area contributed by atoms with Gasteiger partial charge in [-0.25, -0.2) is 9.78 Å². The maximum Gasteiger partial charge on any atom is 0.404 e. The number of hydrogen-bond acceptors (Lipinski definition) is 7. The second kappa shape index (κ2) is 8.76. The van der Waals surface area contributed by atoms with E-state index >= 15 is 0 Å². The number of nitrogens with two attached hydrogens (primary N) is 2. The lowest BCUT2D eigenvalue weighted by atomic mass is 9.88. The zero-order chi connectivity index (χ0) is 22.0. The van der Waals surface area contributed by atoms with Gasteiger partial charge in [0.1, 0.15) is 6.10 Å². The average molecular weight is 441 g/mol. The van der Waals surface area contributed by atoms with Crippen LogP contribution >= 0.6 is 11.3 Å². The van der Waals surface area contributed by atoms with Crippen molar-refractivity contribution in [2.45, 2.75) is 44.6 Å². The Labute approximate surface area is 183 Å². The third-order valence-electron chi connectivity index (χ3n) is 5.36. The summed E-state index contributed by atoms with van der Waals surface area (Å²) >= 11 is 1.56. The van der Waals surface area contributed by atoms with Gasteiger partial charge < -0.3 is 21.5 Å². The smallest absolute Gasteiger partial charge is 0.404 e. The van der Waals surface area contributed by atoms with E-state index in [0.29, 0.717) is 17.3 Å². The monoisotopic (exact) mass is 440 g/mol. The summed E-state index contributed by atoms with van der Waals surface area (Å²) in [5.41, 5.74) is 13.6. The molecule has 9 nitrogen and oxygen atoms in total. The van der Waals surface area contributed by atoms with Gasteiger partial charge in [-0.3, -0.25) is 9.89 Å². The first-order chi connectivity index (χ1) is 14.9. The third kappa shape index (κ3) is 4.85. The number of anilines is 2. The van der Waals surface area contributed by atoms with E-state index in [-0.39, 0.29) is 6.10 Å². The van der Waals surface area contributed by atoms with Crippen molar-refractivity contribution in [3.05, 3.63) is 46.7 Å². The Balaban J connectivity index is 1.51.